The second kappa shape index (κ2) is 7.50. The first-order valence-electron chi connectivity index (χ1n) is 9.64. The maximum atomic E-state index is 12.8. The summed E-state index contributed by atoms with van der Waals surface area (Å²) in [7, 11) is 1.81. The zero-order valence-corrected chi connectivity index (χ0v) is 16.3. The Morgan fingerprint density at radius 2 is 2.00 bits per heavy atom. The van der Waals surface area contributed by atoms with Crippen molar-refractivity contribution in [1.82, 2.24) is 24.1 Å². The second-order valence-corrected chi connectivity index (χ2v) is 7.33. The van der Waals surface area contributed by atoms with Crippen LogP contribution in [-0.2, 0) is 24.4 Å². The molecule has 0 spiro atoms. The highest BCUT2D eigenvalue weighted by atomic mass is 16.2. The number of fused-ring (bicyclic) bond motifs is 2. The number of carbonyl (C=O) groups is 2. The van der Waals surface area contributed by atoms with E-state index < -0.39 is 0 Å². The van der Waals surface area contributed by atoms with Crippen molar-refractivity contribution in [1.29, 1.82) is 0 Å². The predicted octanol–water partition coefficient (Wildman–Crippen LogP) is 2.36. The normalized spacial score (nSPS) is 14.0. The van der Waals surface area contributed by atoms with Gasteiger partial charge in [-0.15, -0.1) is 0 Å². The number of benzene rings is 1. The third-order valence-electron chi connectivity index (χ3n) is 5.38. The topological polar surface area (TPSA) is 63.4 Å². The van der Waals surface area contributed by atoms with Gasteiger partial charge in [-0.05, 0) is 30.0 Å². The molecule has 0 unspecified atom stereocenters. The van der Waals surface area contributed by atoms with E-state index >= 15 is 0 Å². The van der Waals surface area contributed by atoms with E-state index in [1.54, 1.807) is 23.8 Å². The average Bonchev–Trinajstić information content (AvgIpc) is 3.23. The van der Waals surface area contributed by atoms with Crippen LogP contribution in [0.5, 0.6) is 0 Å². The van der Waals surface area contributed by atoms with Gasteiger partial charge in [0.05, 0.1) is 12.2 Å². The largest absolute Gasteiger partial charge is 0.346 e. The standard InChI is InChI=1S/C21H25N5O2/c1-16(27)25-9-5-10-26-18(15-25)14-19(22-26)21(28)23(2)12-13-24-11-8-17-6-3-4-7-20(17)24/h3-4,6-8,11,14H,5,9-10,12-13,15H2,1-2H3. The number of nitrogens with zero attached hydrogens (tertiary/aromatic N) is 5. The molecular weight excluding hydrogens is 354 g/mol. The molecule has 0 bridgehead atoms. The SMILES string of the molecule is CC(=O)N1CCCn2nc(C(=O)N(C)CCn3ccc4ccccc43)cc2C1. The summed E-state index contributed by atoms with van der Waals surface area (Å²) in [6.45, 7) is 4.87. The Balaban J connectivity index is 1.44. The average molecular weight is 379 g/mol. The Bertz CT molecular complexity index is 1020. The molecule has 0 aliphatic carbocycles. The number of amides is 2. The van der Waals surface area contributed by atoms with E-state index in [2.05, 4.69) is 34.1 Å². The van der Waals surface area contributed by atoms with Gasteiger partial charge in [0.2, 0.25) is 5.91 Å². The van der Waals surface area contributed by atoms with Gasteiger partial charge in [-0.3, -0.25) is 14.3 Å². The van der Waals surface area contributed by atoms with Crippen LogP contribution in [0.3, 0.4) is 0 Å². The zero-order valence-electron chi connectivity index (χ0n) is 16.3. The summed E-state index contributed by atoms with van der Waals surface area (Å²) in [6, 6.07) is 12.1. The Hall–Kier alpha value is -3.09. The van der Waals surface area contributed by atoms with Crippen LogP contribution in [0.15, 0.2) is 42.6 Å². The summed E-state index contributed by atoms with van der Waals surface area (Å²) in [4.78, 5) is 28.1. The van der Waals surface area contributed by atoms with Crippen LogP contribution in [0, 0.1) is 0 Å². The summed E-state index contributed by atoms with van der Waals surface area (Å²) >= 11 is 0. The van der Waals surface area contributed by atoms with Crippen LogP contribution < -0.4 is 0 Å². The molecule has 3 aromatic rings. The van der Waals surface area contributed by atoms with Crippen molar-refractivity contribution in [2.75, 3.05) is 20.1 Å². The van der Waals surface area contributed by atoms with Gasteiger partial charge in [0, 0.05) is 51.9 Å². The minimum atomic E-state index is -0.0913. The molecule has 28 heavy (non-hydrogen) atoms. The fraction of sp³-hybridized carbons (Fsp3) is 0.381. The Morgan fingerprint density at radius 1 is 1.18 bits per heavy atom. The minimum Gasteiger partial charge on any atom is -0.346 e. The van der Waals surface area contributed by atoms with Gasteiger partial charge in [0.15, 0.2) is 5.69 Å². The zero-order chi connectivity index (χ0) is 19.7. The predicted molar refractivity (Wildman–Crippen MR) is 107 cm³/mol. The van der Waals surface area contributed by atoms with Gasteiger partial charge in [-0.25, -0.2) is 0 Å². The molecule has 0 radical (unpaired) electrons. The van der Waals surface area contributed by atoms with E-state index in [-0.39, 0.29) is 11.8 Å². The van der Waals surface area contributed by atoms with E-state index in [9.17, 15) is 9.59 Å². The van der Waals surface area contributed by atoms with Gasteiger partial charge in [0.1, 0.15) is 0 Å². The molecule has 1 aliphatic rings. The van der Waals surface area contributed by atoms with E-state index in [1.165, 1.54) is 10.9 Å². The Kier molecular flexibility index (Phi) is 4.90. The van der Waals surface area contributed by atoms with Crippen LogP contribution in [0.2, 0.25) is 0 Å². The number of likely N-dealkylation sites (N-methyl/N-ethyl adjacent to an activating group) is 1. The molecule has 7 nitrogen and oxygen atoms in total. The maximum absolute atomic E-state index is 12.8. The van der Waals surface area contributed by atoms with Crippen molar-refractivity contribution in [3.63, 3.8) is 0 Å². The molecule has 2 amide bonds. The molecular formula is C21H25N5O2. The Labute approximate surface area is 164 Å². The number of hydrogen-bond donors (Lipinski definition) is 0. The van der Waals surface area contributed by atoms with Gasteiger partial charge in [-0.1, -0.05) is 18.2 Å². The molecule has 1 aliphatic heterocycles. The van der Waals surface area contributed by atoms with Gasteiger partial charge >= 0.3 is 0 Å². The molecule has 0 saturated carbocycles. The Morgan fingerprint density at radius 3 is 2.82 bits per heavy atom. The number of aromatic nitrogens is 3. The van der Waals surface area contributed by atoms with Gasteiger partial charge < -0.3 is 14.4 Å². The molecule has 4 rings (SSSR count). The fourth-order valence-electron chi connectivity index (χ4n) is 3.73. The molecule has 2 aromatic heterocycles. The summed E-state index contributed by atoms with van der Waals surface area (Å²) in [5.41, 5.74) is 2.53. The molecule has 0 N–H and O–H groups in total. The highest BCUT2D eigenvalue weighted by Crippen LogP contribution is 2.17. The number of aryl methyl sites for hydroxylation is 1. The van der Waals surface area contributed by atoms with Gasteiger partial charge in [-0.2, -0.15) is 5.10 Å². The summed E-state index contributed by atoms with van der Waals surface area (Å²) < 4.78 is 4.02. The van der Waals surface area contributed by atoms with Crippen molar-refractivity contribution < 1.29 is 9.59 Å². The van der Waals surface area contributed by atoms with Gasteiger partial charge in [0.25, 0.3) is 5.91 Å². The van der Waals surface area contributed by atoms with E-state index in [0.717, 1.165) is 31.7 Å². The van der Waals surface area contributed by atoms with Crippen LogP contribution >= 0.6 is 0 Å². The van der Waals surface area contributed by atoms with E-state index in [0.29, 0.717) is 18.8 Å². The number of hydrogen-bond acceptors (Lipinski definition) is 3. The summed E-state index contributed by atoms with van der Waals surface area (Å²) in [6.07, 6.45) is 2.90. The third-order valence-corrected chi connectivity index (χ3v) is 5.38. The van der Waals surface area contributed by atoms with E-state index in [4.69, 9.17) is 0 Å². The molecule has 0 saturated heterocycles. The first-order valence-corrected chi connectivity index (χ1v) is 9.64. The highest BCUT2D eigenvalue weighted by molar-refractivity contribution is 5.92. The summed E-state index contributed by atoms with van der Waals surface area (Å²) in [5.74, 6) is -0.0370. The maximum Gasteiger partial charge on any atom is 0.274 e. The third kappa shape index (κ3) is 3.52. The van der Waals surface area contributed by atoms with Crippen molar-refractivity contribution in [2.45, 2.75) is 33.0 Å². The first-order chi connectivity index (χ1) is 13.5. The number of para-hydroxylation sites is 1. The highest BCUT2D eigenvalue weighted by Gasteiger charge is 2.22. The monoisotopic (exact) mass is 379 g/mol. The summed E-state index contributed by atoms with van der Waals surface area (Å²) in [5, 5.41) is 5.70. The lowest BCUT2D eigenvalue weighted by Crippen LogP contribution is -2.30. The quantitative estimate of drug-likeness (QED) is 0.699. The van der Waals surface area contributed by atoms with E-state index in [1.807, 2.05) is 22.9 Å². The molecule has 1 aromatic carbocycles. The van der Waals surface area contributed by atoms with Crippen LogP contribution in [-0.4, -0.2) is 56.1 Å². The lowest BCUT2D eigenvalue weighted by atomic mass is 10.2. The minimum absolute atomic E-state index is 0.0543. The van der Waals surface area contributed by atoms with Crippen molar-refractivity contribution >= 4 is 22.7 Å². The molecule has 3 heterocycles. The molecule has 7 heteroatoms. The number of carbonyl (C=O) groups excluding carboxylic acids is 2. The van der Waals surface area contributed by atoms with Crippen LogP contribution in [0.25, 0.3) is 10.9 Å². The smallest absolute Gasteiger partial charge is 0.274 e. The molecule has 0 fully saturated rings. The van der Waals surface area contributed by atoms with Crippen LogP contribution in [0.1, 0.15) is 29.5 Å². The lowest BCUT2D eigenvalue weighted by molar-refractivity contribution is -0.129. The second-order valence-electron chi connectivity index (χ2n) is 7.33. The number of rotatable bonds is 4. The first kappa shape index (κ1) is 18.3. The van der Waals surface area contributed by atoms with Crippen LogP contribution in [0.4, 0.5) is 0 Å². The molecule has 146 valence electrons. The van der Waals surface area contributed by atoms with Crippen molar-refractivity contribution in [2.24, 2.45) is 0 Å². The lowest BCUT2D eigenvalue weighted by Gasteiger charge is -2.17. The molecule has 0 atom stereocenters. The fourth-order valence-corrected chi connectivity index (χ4v) is 3.73. The van der Waals surface area contributed by atoms with Crippen molar-refractivity contribution in [3.05, 3.63) is 54.0 Å². The van der Waals surface area contributed by atoms with Crippen molar-refractivity contribution in [3.8, 4) is 0 Å².